The lowest BCUT2D eigenvalue weighted by Gasteiger charge is -2.43. The Hall–Kier alpha value is -6.73. The Kier molecular flexibility index (Phi) is 16.4. The van der Waals surface area contributed by atoms with Gasteiger partial charge in [-0.1, -0.05) is 30.7 Å². The number of benzene rings is 2. The van der Waals surface area contributed by atoms with E-state index >= 15 is 0 Å². The number of rotatable bonds is 21. The van der Waals surface area contributed by atoms with Gasteiger partial charge < -0.3 is 55.3 Å². The van der Waals surface area contributed by atoms with E-state index in [0.717, 1.165) is 67.8 Å². The number of carbonyl (C=O) groups is 4. The molecule has 19 heteroatoms. The molecule has 3 amide bonds. The zero-order valence-corrected chi connectivity index (χ0v) is 41.4. The van der Waals surface area contributed by atoms with Gasteiger partial charge in [-0.05, 0) is 121 Å². The molecule has 1 aliphatic carbocycles. The van der Waals surface area contributed by atoms with E-state index in [9.17, 15) is 24.3 Å². The van der Waals surface area contributed by atoms with E-state index in [1.54, 1.807) is 13.1 Å². The van der Waals surface area contributed by atoms with Crippen molar-refractivity contribution in [2.75, 3.05) is 94.0 Å². The maximum Gasteiger partial charge on any atom is 0.407 e. The Morgan fingerprint density at radius 3 is 2.39 bits per heavy atom. The molecule has 8 rings (SSSR count). The molecule has 3 unspecified atom stereocenters. The molecule has 380 valence electrons. The first-order valence-corrected chi connectivity index (χ1v) is 25.0. The Bertz CT molecular complexity index is 2480. The van der Waals surface area contributed by atoms with Gasteiger partial charge in [0.1, 0.15) is 30.4 Å². The summed E-state index contributed by atoms with van der Waals surface area (Å²) in [6.07, 6.45) is 6.55. The highest BCUT2D eigenvalue weighted by Crippen LogP contribution is 2.43. The van der Waals surface area contributed by atoms with Crippen molar-refractivity contribution in [2.45, 2.75) is 96.0 Å². The SMILES string of the molecule is CCOC(=O)C1(C(=O)NC(CCCCN(C)C)C(=O)Nc2ccc(COc3ccccc3-c3cc(N4CC5CCC(C4)N5c4ccnc(OCCN5CCN(C(=O)O)C[C@H]5C)c4)c(N)nn3)cc2)CCC1. The second-order valence-electron chi connectivity index (χ2n) is 19.5. The number of esters is 1. The fourth-order valence-electron chi connectivity index (χ4n) is 10.2. The van der Waals surface area contributed by atoms with Gasteiger partial charge in [0, 0.05) is 86.6 Å². The molecule has 2 bridgehead atoms. The number of nitrogen functional groups attached to an aromatic ring is 1. The highest BCUT2D eigenvalue weighted by molar-refractivity contribution is 6.06. The van der Waals surface area contributed by atoms with Crippen molar-refractivity contribution in [1.29, 1.82) is 0 Å². The predicted molar refractivity (Wildman–Crippen MR) is 270 cm³/mol. The van der Waals surface area contributed by atoms with Crippen molar-refractivity contribution >= 4 is 46.8 Å². The van der Waals surface area contributed by atoms with Crippen LogP contribution in [0.15, 0.2) is 72.9 Å². The normalized spacial score (nSPS) is 20.0. The lowest BCUT2D eigenvalue weighted by atomic mass is 9.68. The minimum absolute atomic E-state index is 0.115. The van der Waals surface area contributed by atoms with Gasteiger partial charge in [0.15, 0.2) is 5.82 Å². The van der Waals surface area contributed by atoms with E-state index in [1.807, 2.05) is 87.7 Å². The highest BCUT2D eigenvalue weighted by Gasteiger charge is 2.53. The first-order chi connectivity index (χ1) is 34.3. The number of hydrogen-bond acceptors (Lipinski definition) is 15. The van der Waals surface area contributed by atoms with E-state index in [1.165, 1.54) is 4.90 Å². The van der Waals surface area contributed by atoms with Crippen molar-refractivity contribution < 1.29 is 38.5 Å². The molecule has 5 N–H and O–H groups in total. The van der Waals surface area contributed by atoms with Crippen LogP contribution in [0.2, 0.25) is 0 Å². The lowest BCUT2D eigenvalue weighted by Crippen LogP contribution is -2.56. The summed E-state index contributed by atoms with van der Waals surface area (Å²) in [7, 11) is 3.99. The molecule has 1 saturated carbocycles. The van der Waals surface area contributed by atoms with Crippen LogP contribution in [-0.4, -0.2) is 156 Å². The smallest absolute Gasteiger partial charge is 0.407 e. The maximum atomic E-state index is 13.7. The summed E-state index contributed by atoms with van der Waals surface area (Å²) < 4.78 is 17.8. The Morgan fingerprint density at radius 2 is 1.70 bits per heavy atom. The van der Waals surface area contributed by atoms with Crippen LogP contribution in [-0.2, 0) is 25.7 Å². The van der Waals surface area contributed by atoms with Crippen LogP contribution >= 0.6 is 0 Å². The number of carbonyl (C=O) groups excluding carboxylic acids is 3. The summed E-state index contributed by atoms with van der Waals surface area (Å²) in [6, 6.07) is 20.9. The molecule has 4 atom stereocenters. The first kappa shape index (κ1) is 50.7. The van der Waals surface area contributed by atoms with Gasteiger partial charge in [0.2, 0.25) is 17.7 Å². The molecule has 2 aromatic carbocycles. The third-order valence-corrected chi connectivity index (χ3v) is 14.4. The minimum atomic E-state index is -1.24. The molecule has 71 heavy (non-hydrogen) atoms. The van der Waals surface area contributed by atoms with Crippen molar-refractivity contribution in [1.82, 2.24) is 35.2 Å². The Labute approximate surface area is 416 Å². The van der Waals surface area contributed by atoms with Gasteiger partial charge >= 0.3 is 12.1 Å². The number of nitrogens with two attached hydrogens (primary N) is 1. The zero-order chi connectivity index (χ0) is 50.1. The summed E-state index contributed by atoms with van der Waals surface area (Å²) in [5, 5.41) is 24.2. The number of piperazine rings is 2. The van der Waals surface area contributed by atoms with Crippen LogP contribution in [0.1, 0.15) is 70.8 Å². The largest absolute Gasteiger partial charge is 0.488 e. The summed E-state index contributed by atoms with van der Waals surface area (Å²) in [5.74, 6) is 0.238. The van der Waals surface area contributed by atoms with Gasteiger partial charge in [-0.15, -0.1) is 10.2 Å². The van der Waals surface area contributed by atoms with Gasteiger partial charge in [-0.3, -0.25) is 19.3 Å². The minimum Gasteiger partial charge on any atom is -0.488 e. The molecule has 19 nitrogen and oxygen atoms in total. The fourth-order valence-corrected chi connectivity index (χ4v) is 10.2. The number of nitrogens with zero attached hydrogens (tertiary/aromatic N) is 8. The van der Waals surface area contributed by atoms with E-state index in [-0.39, 0.29) is 37.2 Å². The zero-order valence-electron chi connectivity index (χ0n) is 41.4. The van der Waals surface area contributed by atoms with Crippen molar-refractivity contribution in [3.63, 3.8) is 0 Å². The molecule has 0 radical (unpaired) electrons. The van der Waals surface area contributed by atoms with Crippen LogP contribution in [0, 0.1) is 5.41 Å². The van der Waals surface area contributed by atoms with Crippen LogP contribution in [0.25, 0.3) is 11.3 Å². The number of fused-ring (bicyclic) bond motifs is 2. The van der Waals surface area contributed by atoms with Crippen LogP contribution in [0.3, 0.4) is 0 Å². The third-order valence-electron chi connectivity index (χ3n) is 14.4. The number of carboxylic acid groups (broad SMARTS) is 1. The molecule has 4 fully saturated rings. The number of para-hydroxylation sites is 1. The van der Waals surface area contributed by atoms with E-state index in [2.05, 4.69) is 45.4 Å². The number of pyridine rings is 1. The average Bonchev–Trinajstić information content (AvgIpc) is 3.61. The number of amides is 3. The van der Waals surface area contributed by atoms with Crippen molar-refractivity contribution in [3.05, 3.63) is 78.5 Å². The van der Waals surface area contributed by atoms with E-state index in [0.29, 0.717) is 87.3 Å². The monoisotopic (exact) mass is 976 g/mol. The molecule has 5 heterocycles. The molecule has 2 aromatic heterocycles. The number of ether oxygens (including phenoxy) is 3. The second kappa shape index (κ2) is 23.0. The van der Waals surface area contributed by atoms with Crippen LogP contribution in [0.5, 0.6) is 11.6 Å². The van der Waals surface area contributed by atoms with Crippen molar-refractivity contribution in [3.8, 4) is 22.9 Å². The summed E-state index contributed by atoms with van der Waals surface area (Å²) >= 11 is 0. The average molecular weight is 976 g/mol. The Morgan fingerprint density at radius 1 is 0.944 bits per heavy atom. The van der Waals surface area contributed by atoms with Gasteiger partial charge in [-0.25, -0.2) is 9.78 Å². The van der Waals surface area contributed by atoms with Gasteiger partial charge in [0.25, 0.3) is 0 Å². The van der Waals surface area contributed by atoms with Crippen LogP contribution < -0.4 is 35.6 Å². The number of anilines is 4. The van der Waals surface area contributed by atoms with Gasteiger partial charge in [-0.2, -0.15) is 0 Å². The van der Waals surface area contributed by atoms with Crippen molar-refractivity contribution in [2.24, 2.45) is 5.41 Å². The topological polar surface area (TPSA) is 221 Å². The number of hydrogen-bond donors (Lipinski definition) is 4. The number of aromatic nitrogens is 3. The molecule has 3 aliphatic heterocycles. The molecule has 4 aliphatic rings. The second-order valence-corrected chi connectivity index (χ2v) is 19.5. The molecule has 0 spiro atoms. The molecule has 3 saturated heterocycles. The predicted octanol–water partition coefficient (Wildman–Crippen LogP) is 5.51. The standard InChI is InChI=1S/C52H69N11O8/c1-5-69-50(66)52(21-10-22-52)49(65)56-42(12-8-9-24-59(3)4)48(64)55-37-16-14-36(15-17-37)34-71-45-13-7-6-11-41(45)43-30-44(47(53)58-57-43)62-32-39-18-19-40(33-62)63(39)38-20-23-54-46(29-38)70-28-27-60-25-26-61(51(67)68)31-35(60)2/h6-7,11,13-17,20,23,29-30,35,39-40,42H,5,8-10,12,18-19,21-22,24-28,31-34H2,1-4H3,(H2,53,58)(H,55,64)(H,56,65)(H,67,68)/t35-,39?,40?,42?/m1/s1. The summed E-state index contributed by atoms with van der Waals surface area (Å²) in [6.45, 7) is 9.35. The maximum absolute atomic E-state index is 13.7. The van der Waals surface area contributed by atoms with Gasteiger partial charge in [0.05, 0.1) is 18.0 Å². The lowest BCUT2D eigenvalue weighted by molar-refractivity contribution is -0.167. The summed E-state index contributed by atoms with van der Waals surface area (Å²) in [4.78, 5) is 66.6. The first-order valence-electron chi connectivity index (χ1n) is 25.0. The third kappa shape index (κ3) is 12.1. The quantitative estimate of drug-likeness (QED) is 0.0460. The molecular weight excluding hydrogens is 907 g/mol. The number of unbranched alkanes of at least 4 members (excludes halogenated alkanes) is 1. The molecular formula is C52H69N11O8. The van der Waals surface area contributed by atoms with E-state index < -0.39 is 29.4 Å². The van der Waals surface area contributed by atoms with E-state index in [4.69, 9.17) is 19.9 Å². The highest BCUT2D eigenvalue weighted by atomic mass is 16.5. The van der Waals surface area contributed by atoms with Crippen LogP contribution in [0.4, 0.5) is 27.7 Å². The Balaban J connectivity index is 0.868. The number of nitrogens with one attached hydrogen (secondary N) is 2. The summed E-state index contributed by atoms with van der Waals surface area (Å²) in [5.41, 5.74) is 10.1. The molecule has 4 aromatic rings. The fraction of sp³-hybridized carbons (Fsp3) is 0.519.